The van der Waals surface area contributed by atoms with Crippen molar-refractivity contribution in [2.75, 3.05) is 13.1 Å². The lowest BCUT2D eigenvalue weighted by atomic mass is 9.88. The minimum atomic E-state index is 0.546. The van der Waals surface area contributed by atoms with Crippen molar-refractivity contribution in [3.8, 4) is 0 Å². The van der Waals surface area contributed by atoms with Crippen LogP contribution in [0.3, 0.4) is 0 Å². The third-order valence-corrected chi connectivity index (χ3v) is 4.15. The lowest BCUT2D eigenvalue weighted by Gasteiger charge is -2.43. The molecule has 2 rings (SSSR count). The molecular weight excluding hydrogens is 170 g/mol. The van der Waals surface area contributed by atoms with E-state index in [0.717, 1.165) is 0 Å². The van der Waals surface area contributed by atoms with Crippen molar-refractivity contribution in [3.05, 3.63) is 6.42 Å². The van der Waals surface area contributed by atoms with E-state index in [0.29, 0.717) is 5.54 Å². The monoisotopic (exact) mass is 194 g/mol. The van der Waals surface area contributed by atoms with E-state index in [1.165, 1.54) is 64.5 Å². The highest BCUT2D eigenvalue weighted by atomic mass is 15.2. The first kappa shape index (κ1) is 10.5. The third-order valence-electron chi connectivity index (χ3n) is 4.15. The molecular formula is C13H24N. The average molecular weight is 194 g/mol. The molecule has 1 radical (unpaired) electrons. The van der Waals surface area contributed by atoms with Gasteiger partial charge in [0.15, 0.2) is 0 Å². The highest BCUT2D eigenvalue weighted by molar-refractivity contribution is 4.91. The highest BCUT2D eigenvalue weighted by Crippen LogP contribution is 2.33. The first-order valence-electron chi connectivity index (χ1n) is 6.38. The summed E-state index contributed by atoms with van der Waals surface area (Å²) in [5, 5.41) is 0. The van der Waals surface area contributed by atoms with Gasteiger partial charge in [0.1, 0.15) is 0 Å². The zero-order chi connectivity index (χ0) is 9.86. The van der Waals surface area contributed by atoms with Gasteiger partial charge in [-0.25, -0.2) is 0 Å². The Balaban J connectivity index is 1.96. The van der Waals surface area contributed by atoms with Crippen LogP contribution in [0.2, 0.25) is 0 Å². The number of nitrogens with zero attached hydrogens (tertiary/aromatic N) is 1. The largest absolute Gasteiger partial charge is 0.298 e. The Labute approximate surface area is 88.9 Å². The average Bonchev–Trinajstić information content (AvgIpc) is 2.46. The van der Waals surface area contributed by atoms with E-state index < -0.39 is 0 Å². The number of piperidine rings is 1. The van der Waals surface area contributed by atoms with Gasteiger partial charge in [-0.1, -0.05) is 25.7 Å². The minimum Gasteiger partial charge on any atom is -0.298 e. The van der Waals surface area contributed by atoms with Crippen LogP contribution in [0.15, 0.2) is 0 Å². The first-order valence-corrected chi connectivity index (χ1v) is 6.38. The van der Waals surface area contributed by atoms with Crippen LogP contribution in [0.5, 0.6) is 0 Å². The van der Waals surface area contributed by atoms with Crippen molar-refractivity contribution < 1.29 is 0 Å². The van der Waals surface area contributed by atoms with Gasteiger partial charge in [0, 0.05) is 5.54 Å². The quantitative estimate of drug-likeness (QED) is 0.578. The summed E-state index contributed by atoms with van der Waals surface area (Å²) >= 11 is 0. The molecule has 0 amide bonds. The molecule has 0 N–H and O–H groups in total. The predicted octanol–water partition coefficient (Wildman–Crippen LogP) is 3.40. The van der Waals surface area contributed by atoms with E-state index in [1.54, 1.807) is 0 Å². The van der Waals surface area contributed by atoms with E-state index >= 15 is 0 Å². The Bertz CT molecular complexity index is 162. The second kappa shape index (κ2) is 4.65. The molecule has 2 aliphatic rings. The van der Waals surface area contributed by atoms with Gasteiger partial charge in [-0.3, -0.25) is 4.90 Å². The van der Waals surface area contributed by atoms with E-state index in [4.69, 9.17) is 0 Å². The van der Waals surface area contributed by atoms with Gasteiger partial charge in [-0.05, 0) is 52.1 Å². The van der Waals surface area contributed by atoms with Gasteiger partial charge in [-0.15, -0.1) is 0 Å². The zero-order valence-corrected chi connectivity index (χ0v) is 9.60. The molecule has 81 valence electrons. The standard InChI is InChI=1S/C13H24N/c1-13(9-5-2-3-6-10-13)14-11-7-4-8-12-14/h4H,2-3,5-12H2,1H3. The lowest BCUT2D eigenvalue weighted by Crippen LogP contribution is -2.48. The second-order valence-electron chi connectivity index (χ2n) is 5.26. The molecule has 14 heavy (non-hydrogen) atoms. The van der Waals surface area contributed by atoms with E-state index in [2.05, 4.69) is 18.2 Å². The maximum absolute atomic E-state index is 2.76. The Morgan fingerprint density at radius 1 is 0.929 bits per heavy atom. The molecule has 2 fully saturated rings. The summed E-state index contributed by atoms with van der Waals surface area (Å²) in [6, 6.07) is 0. The summed E-state index contributed by atoms with van der Waals surface area (Å²) in [6.07, 6.45) is 13.8. The molecule has 0 aromatic heterocycles. The van der Waals surface area contributed by atoms with Crippen LogP contribution in [-0.4, -0.2) is 23.5 Å². The Hall–Kier alpha value is -0.0400. The van der Waals surface area contributed by atoms with Crippen LogP contribution in [0.1, 0.15) is 58.3 Å². The van der Waals surface area contributed by atoms with Crippen molar-refractivity contribution in [1.82, 2.24) is 4.90 Å². The number of likely N-dealkylation sites (tertiary alicyclic amines) is 1. The van der Waals surface area contributed by atoms with Crippen LogP contribution in [0, 0.1) is 6.42 Å². The molecule has 1 heteroatoms. The molecule has 0 bridgehead atoms. The van der Waals surface area contributed by atoms with Crippen LogP contribution < -0.4 is 0 Å². The molecule has 0 unspecified atom stereocenters. The minimum absolute atomic E-state index is 0.546. The van der Waals surface area contributed by atoms with Crippen molar-refractivity contribution in [3.63, 3.8) is 0 Å². The van der Waals surface area contributed by atoms with E-state index in [1.807, 2.05) is 0 Å². The van der Waals surface area contributed by atoms with Gasteiger partial charge in [0.2, 0.25) is 0 Å². The van der Waals surface area contributed by atoms with Gasteiger partial charge in [0.25, 0.3) is 0 Å². The second-order valence-corrected chi connectivity index (χ2v) is 5.26. The molecule has 1 saturated heterocycles. The fourth-order valence-corrected chi connectivity index (χ4v) is 3.10. The summed E-state index contributed by atoms with van der Waals surface area (Å²) in [5.41, 5.74) is 0.546. The smallest absolute Gasteiger partial charge is 0.0181 e. The molecule has 0 aromatic rings. The Morgan fingerprint density at radius 3 is 2.07 bits per heavy atom. The van der Waals surface area contributed by atoms with E-state index in [-0.39, 0.29) is 0 Å². The van der Waals surface area contributed by atoms with Crippen LogP contribution in [-0.2, 0) is 0 Å². The van der Waals surface area contributed by atoms with Crippen LogP contribution in [0.4, 0.5) is 0 Å². The molecule has 1 nitrogen and oxygen atoms in total. The van der Waals surface area contributed by atoms with Gasteiger partial charge < -0.3 is 0 Å². The van der Waals surface area contributed by atoms with Crippen molar-refractivity contribution >= 4 is 0 Å². The maximum Gasteiger partial charge on any atom is 0.0181 e. The van der Waals surface area contributed by atoms with Gasteiger partial charge in [0.05, 0.1) is 0 Å². The molecule has 0 spiro atoms. The molecule has 1 aliphatic heterocycles. The molecule has 1 aliphatic carbocycles. The van der Waals surface area contributed by atoms with Crippen LogP contribution >= 0.6 is 0 Å². The lowest BCUT2D eigenvalue weighted by molar-refractivity contribution is 0.0778. The molecule has 1 saturated carbocycles. The molecule has 0 atom stereocenters. The zero-order valence-electron chi connectivity index (χ0n) is 9.60. The highest BCUT2D eigenvalue weighted by Gasteiger charge is 2.32. The van der Waals surface area contributed by atoms with Crippen molar-refractivity contribution in [2.45, 2.75) is 63.8 Å². The maximum atomic E-state index is 2.76. The number of hydrogen-bond donors (Lipinski definition) is 0. The van der Waals surface area contributed by atoms with Crippen molar-refractivity contribution in [1.29, 1.82) is 0 Å². The summed E-state index contributed by atoms with van der Waals surface area (Å²) in [4.78, 5) is 2.76. The summed E-state index contributed by atoms with van der Waals surface area (Å²) in [7, 11) is 0. The van der Waals surface area contributed by atoms with Crippen LogP contribution in [0.25, 0.3) is 0 Å². The van der Waals surface area contributed by atoms with Gasteiger partial charge in [-0.2, -0.15) is 0 Å². The summed E-state index contributed by atoms with van der Waals surface area (Å²) in [5.74, 6) is 0. The molecule has 1 heterocycles. The van der Waals surface area contributed by atoms with Crippen molar-refractivity contribution in [2.24, 2.45) is 0 Å². The van der Waals surface area contributed by atoms with Gasteiger partial charge >= 0.3 is 0 Å². The summed E-state index contributed by atoms with van der Waals surface area (Å²) in [6.45, 7) is 5.14. The fraction of sp³-hybridized carbons (Fsp3) is 0.923. The Kier molecular flexibility index (Phi) is 3.48. The van der Waals surface area contributed by atoms with E-state index in [9.17, 15) is 0 Å². The first-order chi connectivity index (χ1) is 6.81. The number of hydrogen-bond acceptors (Lipinski definition) is 1. The summed E-state index contributed by atoms with van der Waals surface area (Å²) < 4.78 is 0. The predicted molar refractivity (Wildman–Crippen MR) is 61.2 cm³/mol. The third kappa shape index (κ3) is 2.31. The number of rotatable bonds is 1. The Morgan fingerprint density at radius 2 is 1.50 bits per heavy atom. The normalized spacial score (nSPS) is 29.8. The topological polar surface area (TPSA) is 3.24 Å². The molecule has 0 aromatic carbocycles. The fourth-order valence-electron chi connectivity index (χ4n) is 3.10. The SMILES string of the molecule is CC1(N2CC[CH]CC2)CCCCCC1.